The average Bonchev–Trinajstić information content (AvgIpc) is 3.19. The Morgan fingerprint density at radius 2 is 2.10 bits per heavy atom. The summed E-state index contributed by atoms with van der Waals surface area (Å²) in [6.45, 7) is 5.98. The van der Waals surface area contributed by atoms with E-state index in [0.717, 1.165) is 36.4 Å². The normalized spacial score (nSPS) is 25.3. The summed E-state index contributed by atoms with van der Waals surface area (Å²) in [6.07, 6.45) is 6.70. The first-order valence-corrected chi connectivity index (χ1v) is 7.95. The molecular weight excluding hydrogens is 250 g/mol. The van der Waals surface area contributed by atoms with Gasteiger partial charge in [0.1, 0.15) is 11.6 Å². The number of hydrogen-bond donors (Lipinski definition) is 1. The molecule has 3 rings (SSSR count). The lowest BCUT2D eigenvalue weighted by Gasteiger charge is -2.35. The van der Waals surface area contributed by atoms with Crippen molar-refractivity contribution in [1.29, 1.82) is 0 Å². The molecule has 1 aromatic rings. The Kier molecular flexibility index (Phi) is 4.20. The lowest BCUT2D eigenvalue weighted by atomic mass is 9.80. The zero-order chi connectivity index (χ0) is 13.9. The third-order valence-electron chi connectivity index (χ3n) is 4.27. The molecular formula is C16H25N3O. The maximum Gasteiger partial charge on any atom is 0.134 e. The van der Waals surface area contributed by atoms with Crippen molar-refractivity contribution in [1.82, 2.24) is 9.97 Å². The van der Waals surface area contributed by atoms with E-state index in [-0.39, 0.29) is 0 Å². The summed E-state index contributed by atoms with van der Waals surface area (Å²) >= 11 is 0. The predicted molar refractivity (Wildman–Crippen MR) is 80.0 cm³/mol. The SMILES string of the molecule is CCOC1CC(CCNc2cc(C)nc(C3CC3)n2)C1. The van der Waals surface area contributed by atoms with Gasteiger partial charge < -0.3 is 10.1 Å². The molecule has 0 bridgehead atoms. The summed E-state index contributed by atoms with van der Waals surface area (Å²) in [4.78, 5) is 9.16. The highest BCUT2D eigenvalue weighted by atomic mass is 16.5. The Morgan fingerprint density at radius 3 is 2.80 bits per heavy atom. The van der Waals surface area contributed by atoms with Gasteiger partial charge in [-0.3, -0.25) is 0 Å². The zero-order valence-electron chi connectivity index (χ0n) is 12.6. The maximum atomic E-state index is 5.60. The van der Waals surface area contributed by atoms with Crippen molar-refractivity contribution in [2.75, 3.05) is 18.5 Å². The van der Waals surface area contributed by atoms with Gasteiger partial charge in [-0.15, -0.1) is 0 Å². The van der Waals surface area contributed by atoms with Gasteiger partial charge in [-0.05, 0) is 51.9 Å². The van der Waals surface area contributed by atoms with Crippen molar-refractivity contribution in [3.8, 4) is 0 Å². The largest absolute Gasteiger partial charge is 0.378 e. The number of aryl methyl sites for hydroxylation is 1. The molecule has 0 radical (unpaired) electrons. The lowest BCUT2D eigenvalue weighted by molar-refractivity contribution is -0.0255. The summed E-state index contributed by atoms with van der Waals surface area (Å²) in [5.74, 6) is 3.48. The van der Waals surface area contributed by atoms with Crippen molar-refractivity contribution >= 4 is 5.82 Å². The van der Waals surface area contributed by atoms with Gasteiger partial charge in [0, 0.05) is 30.8 Å². The molecule has 0 aromatic carbocycles. The molecule has 20 heavy (non-hydrogen) atoms. The van der Waals surface area contributed by atoms with Gasteiger partial charge in [0.05, 0.1) is 6.10 Å². The van der Waals surface area contributed by atoms with Crippen molar-refractivity contribution in [2.24, 2.45) is 5.92 Å². The Morgan fingerprint density at radius 1 is 1.30 bits per heavy atom. The molecule has 0 unspecified atom stereocenters. The third-order valence-corrected chi connectivity index (χ3v) is 4.27. The van der Waals surface area contributed by atoms with E-state index in [4.69, 9.17) is 4.74 Å². The minimum atomic E-state index is 0.521. The minimum Gasteiger partial charge on any atom is -0.378 e. The fraction of sp³-hybridized carbons (Fsp3) is 0.750. The van der Waals surface area contributed by atoms with Gasteiger partial charge in [-0.1, -0.05) is 0 Å². The van der Waals surface area contributed by atoms with Crippen LogP contribution in [-0.4, -0.2) is 29.2 Å². The van der Waals surface area contributed by atoms with Crippen LogP contribution < -0.4 is 5.32 Å². The van der Waals surface area contributed by atoms with Crippen LogP contribution in [0.25, 0.3) is 0 Å². The van der Waals surface area contributed by atoms with Crippen LogP contribution >= 0.6 is 0 Å². The first-order valence-electron chi connectivity index (χ1n) is 7.95. The van der Waals surface area contributed by atoms with Gasteiger partial charge in [-0.2, -0.15) is 0 Å². The van der Waals surface area contributed by atoms with Crippen molar-refractivity contribution in [3.05, 3.63) is 17.6 Å². The number of rotatable bonds is 7. The first-order chi connectivity index (χ1) is 9.74. The Balaban J connectivity index is 1.42. The molecule has 2 aliphatic carbocycles. The molecule has 0 saturated heterocycles. The molecule has 0 amide bonds. The fourth-order valence-corrected chi connectivity index (χ4v) is 2.89. The highest BCUT2D eigenvalue weighted by molar-refractivity contribution is 5.36. The van der Waals surface area contributed by atoms with Crippen LogP contribution in [0.4, 0.5) is 5.82 Å². The van der Waals surface area contributed by atoms with E-state index in [0.29, 0.717) is 12.0 Å². The Bertz CT molecular complexity index is 453. The smallest absolute Gasteiger partial charge is 0.134 e. The molecule has 2 fully saturated rings. The van der Waals surface area contributed by atoms with E-state index in [1.54, 1.807) is 0 Å². The average molecular weight is 275 g/mol. The van der Waals surface area contributed by atoms with E-state index in [1.165, 1.54) is 32.1 Å². The monoisotopic (exact) mass is 275 g/mol. The van der Waals surface area contributed by atoms with Gasteiger partial charge in [0.15, 0.2) is 0 Å². The molecule has 4 heteroatoms. The van der Waals surface area contributed by atoms with Crippen LogP contribution in [-0.2, 0) is 4.74 Å². The lowest BCUT2D eigenvalue weighted by Crippen LogP contribution is -2.32. The van der Waals surface area contributed by atoms with Crippen LogP contribution in [0.3, 0.4) is 0 Å². The molecule has 0 aliphatic heterocycles. The fourth-order valence-electron chi connectivity index (χ4n) is 2.89. The second-order valence-corrected chi connectivity index (χ2v) is 6.16. The topological polar surface area (TPSA) is 47.0 Å². The molecule has 0 spiro atoms. The summed E-state index contributed by atoms with van der Waals surface area (Å²) in [5, 5.41) is 3.46. The van der Waals surface area contributed by atoms with Crippen LogP contribution in [0.15, 0.2) is 6.07 Å². The van der Waals surface area contributed by atoms with E-state index >= 15 is 0 Å². The number of nitrogens with zero attached hydrogens (tertiary/aromatic N) is 2. The second-order valence-electron chi connectivity index (χ2n) is 6.16. The molecule has 2 saturated carbocycles. The summed E-state index contributed by atoms with van der Waals surface area (Å²) in [7, 11) is 0. The molecule has 1 heterocycles. The van der Waals surface area contributed by atoms with E-state index in [1.807, 2.05) is 0 Å². The highest BCUT2D eigenvalue weighted by Gasteiger charge is 2.29. The molecule has 110 valence electrons. The van der Waals surface area contributed by atoms with Crippen molar-refractivity contribution in [2.45, 2.75) is 58.0 Å². The van der Waals surface area contributed by atoms with Crippen molar-refractivity contribution < 1.29 is 4.74 Å². The standard InChI is InChI=1S/C16H25N3O/c1-3-20-14-9-12(10-14)6-7-17-15-8-11(2)18-16(19-15)13-4-5-13/h8,12-14H,3-7,9-10H2,1-2H3,(H,17,18,19). The Labute approximate surface area is 121 Å². The van der Waals surface area contributed by atoms with Gasteiger partial charge in [0.25, 0.3) is 0 Å². The number of anilines is 1. The summed E-state index contributed by atoms with van der Waals surface area (Å²) < 4.78 is 5.60. The van der Waals surface area contributed by atoms with E-state index in [9.17, 15) is 0 Å². The highest BCUT2D eigenvalue weighted by Crippen LogP contribution is 2.38. The van der Waals surface area contributed by atoms with E-state index < -0.39 is 0 Å². The Hall–Kier alpha value is -1.16. The van der Waals surface area contributed by atoms with Crippen molar-refractivity contribution in [3.63, 3.8) is 0 Å². The van der Waals surface area contributed by atoms with Gasteiger partial charge in [-0.25, -0.2) is 9.97 Å². The minimum absolute atomic E-state index is 0.521. The third kappa shape index (κ3) is 3.48. The predicted octanol–water partition coefficient (Wildman–Crippen LogP) is 3.28. The zero-order valence-corrected chi connectivity index (χ0v) is 12.6. The quantitative estimate of drug-likeness (QED) is 0.829. The molecule has 1 aromatic heterocycles. The number of ether oxygens (including phenoxy) is 1. The molecule has 4 nitrogen and oxygen atoms in total. The van der Waals surface area contributed by atoms with Crippen LogP contribution in [0, 0.1) is 12.8 Å². The molecule has 2 aliphatic rings. The number of nitrogens with one attached hydrogen (secondary N) is 1. The van der Waals surface area contributed by atoms with Crippen LogP contribution in [0.5, 0.6) is 0 Å². The second kappa shape index (κ2) is 6.08. The molecule has 1 N–H and O–H groups in total. The van der Waals surface area contributed by atoms with Crippen LogP contribution in [0.2, 0.25) is 0 Å². The van der Waals surface area contributed by atoms with Crippen LogP contribution in [0.1, 0.15) is 56.5 Å². The summed E-state index contributed by atoms with van der Waals surface area (Å²) in [5.41, 5.74) is 1.07. The van der Waals surface area contributed by atoms with E-state index in [2.05, 4.69) is 35.2 Å². The molecule has 0 atom stereocenters. The van der Waals surface area contributed by atoms with Gasteiger partial charge in [0.2, 0.25) is 0 Å². The first kappa shape index (κ1) is 13.8. The number of hydrogen-bond acceptors (Lipinski definition) is 4. The number of aromatic nitrogens is 2. The maximum absolute atomic E-state index is 5.60. The van der Waals surface area contributed by atoms with Gasteiger partial charge >= 0.3 is 0 Å². The summed E-state index contributed by atoms with van der Waals surface area (Å²) in [6, 6.07) is 2.05.